The van der Waals surface area contributed by atoms with Crippen molar-refractivity contribution in [3.05, 3.63) is 50.4 Å². The average molecular weight is 341 g/mol. The third-order valence-electron chi connectivity index (χ3n) is 3.73. The van der Waals surface area contributed by atoms with Gasteiger partial charge in [-0.05, 0) is 30.0 Å². The minimum absolute atomic E-state index is 0.0207. The number of amides is 1. The van der Waals surface area contributed by atoms with E-state index in [1.807, 2.05) is 24.6 Å². The Bertz CT molecular complexity index is 660. The molecule has 3 nitrogen and oxygen atoms in total. The van der Waals surface area contributed by atoms with Crippen molar-refractivity contribution < 1.29 is 4.79 Å². The smallest absolute Gasteiger partial charge is 0.226 e. The number of nitrogens with zero attached hydrogens (tertiary/aromatic N) is 2. The van der Waals surface area contributed by atoms with Crippen LogP contribution in [0, 0.1) is 5.92 Å². The van der Waals surface area contributed by atoms with Crippen molar-refractivity contribution in [3.63, 3.8) is 0 Å². The number of carbonyl (C=O) groups excluding carboxylic acids is 1. The molecule has 0 unspecified atom stereocenters. The van der Waals surface area contributed by atoms with Gasteiger partial charge in [-0.25, -0.2) is 4.98 Å². The standard InChI is InChI=1S/C15H14Cl2N2OS/c1-19(6-10-7-21-8-18-10)15(20)13-5-12(13)11-3-2-9(16)4-14(11)17/h2-4,7-8,12-13H,5-6H2,1H3/t12-,13-/m1/s1. The highest BCUT2D eigenvalue weighted by molar-refractivity contribution is 7.07. The van der Waals surface area contributed by atoms with Gasteiger partial charge in [-0.15, -0.1) is 11.3 Å². The van der Waals surface area contributed by atoms with Crippen LogP contribution >= 0.6 is 34.5 Å². The van der Waals surface area contributed by atoms with Crippen molar-refractivity contribution in [1.29, 1.82) is 0 Å². The largest absolute Gasteiger partial charge is 0.340 e. The Kier molecular flexibility index (Phi) is 4.20. The lowest BCUT2D eigenvalue weighted by atomic mass is 10.1. The minimum atomic E-state index is 0.0207. The molecule has 0 spiro atoms. The van der Waals surface area contributed by atoms with Gasteiger partial charge in [0.2, 0.25) is 5.91 Å². The van der Waals surface area contributed by atoms with E-state index >= 15 is 0 Å². The Labute approximate surface area is 137 Å². The van der Waals surface area contributed by atoms with Crippen LogP contribution in [0.25, 0.3) is 0 Å². The van der Waals surface area contributed by atoms with Gasteiger partial charge in [-0.2, -0.15) is 0 Å². The molecule has 1 aromatic heterocycles. The maximum Gasteiger partial charge on any atom is 0.226 e. The summed E-state index contributed by atoms with van der Waals surface area (Å²) in [5.74, 6) is 0.381. The van der Waals surface area contributed by atoms with Gasteiger partial charge in [-0.1, -0.05) is 29.3 Å². The molecule has 1 fully saturated rings. The molecular formula is C15H14Cl2N2OS. The van der Waals surface area contributed by atoms with Crippen LogP contribution in [0.4, 0.5) is 0 Å². The molecule has 1 amide bonds. The summed E-state index contributed by atoms with van der Waals surface area (Å²) < 4.78 is 0. The van der Waals surface area contributed by atoms with Crippen molar-refractivity contribution in [2.24, 2.45) is 5.92 Å². The third kappa shape index (κ3) is 3.23. The fourth-order valence-corrected chi connectivity index (χ4v) is 3.63. The minimum Gasteiger partial charge on any atom is -0.340 e. The number of carbonyl (C=O) groups is 1. The Balaban J connectivity index is 1.65. The van der Waals surface area contributed by atoms with Gasteiger partial charge in [0.15, 0.2) is 0 Å². The number of halogens is 2. The normalized spacial score (nSPS) is 20.3. The van der Waals surface area contributed by atoms with E-state index in [0.29, 0.717) is 16.6 Å². The first-order valence-corrected chi connectivity index (χ1v) is 8.33. The first-order valence-electron chi connectivity index (χ1n) is 6.63. The molecule has 0 aliphatic heterocycles. The highest BCUT2D eigenvalue weighted by atomic mass is 35.5. The monoisotopic (exact) mass is 340 g/mol. The zero-order valence-corrected chi connectivity index (χ0v) is 13.8. The van der Waals surface area contributed by atoms with E-state index in [4.69, 9.17) is 23.2 Å². The Hall–Kier alpha value is -1.10. The van der Waals surface area contributed by atoms with Gasteiger partial charge in [0.05, 0.1) is 17.7 Å². The summed E-state index contributed by atoms with van der Waals surface area (Å²) in [6, 6.07) is 5.47. The summed E-state index contributed by atoms with van der Waals surface area (Å²) in [7, 11) is 1.82. The van der Waals surface area contributed by atoms with Crippen LogP contribution in [0.5, 0.6) is 0 Å². The van der Waals surface area contributed by atoms with E-state index in [1.165, 1.54) is 11.3 Å². The number of hydrogen-bond donors (Lipinski definition) is 0. The van der Waals surface area contributed by atoms with Crippen molar-refractivity contribution in [2.45, 2.75) is 18.9 Å². The maximum absolute atomic E-state index is 12.4. The Morgan fingerprint density at radius 3 is 2.95 bits per heavy atom. The summed E-state index contributed by atoms with van der Waals surface area (Å²) in [4.78, 5) is 18.4. The molecule has 0 bridgehead atoms. The van der Waals surface area contributed by atoms with Crippen LogP contribution in [-0.2, 0) is 11.3 Å². The van der Waals surface area contributed by atoms with Gasteiger partial charge >= 0.3 is 0 Å². The van der Waals surface area contributed by atoms with Gasteiger partial charge in [0, 0.05) is 28.4 Å². The van der Waals surface area contributed by atoms with Crippen molar-refractivity contribution >= 4 is 40.4 Å². The molecule has 1 saturated carbocycles. The van der Waals surface area contributed by atoms with E-state index < -0.39 is 0 Å². The Morgan fingerprint density at radius 1 is 1.48 bits per heavy atom. The van der Waals surface area contributed by atoms with Gasteiger partial charge in [-0.3, -0.25) is 4.79 Å². The Morgan fingerprint density at radius 2 is 2.29 bits per heavy atom. The van der Waals surface area contributed by atoms with E-state index in [1.54, 1.807) is 16.5 Å². The molecule has 6 heteroatoms. The molecule has 1 aliphatic rings. The number of benzene rings is 1. The van der Waals surface area contributed by atoms with Crippen LogP contribution in [0.1, 0.15) is 23.6 Å². The molecular weight excluding hydrogens is 327 g/mol. The molecule has 110 valence electrons. The average Bonchev–Trinajstić information content (AvgIpc) is 3.06. The molecule has 0 N–H and O–H groups in total. The van der Waals surface area contributed by atoms with Crippen LogP contribution in [0.2, 0.25) is 10.0 Å². The predicted octanol–water partition coefficient (Wildman–Crippen LogP) is 4.21. The number of aromatic nitrogens is 1. The zero-order chi connectivity index (χ0) is 15.0. The van der Waals surface area contributed by atoms with Crippen LogP contribution in [0.3, 0.4) is 0 Å². The molecule has 1 aliphatic carbocycles. The first-order chi connectivity index (χ1) is 10.1. The summed E-state index contributed by atoms with van der Waals surface area (Å²) in [6.45, 7) is 0.555. The highest BCUT2D eigenvalue weighted by Crippen LogP contribution is 2.50. The van der Waals surface area contributed by atoms with Crippen molar-refractivity contribution in [2.75, 3.05) is 7.05 Å². The second kappa shape index (κ2) is 5.95. The molecule has 1 aromatic carbocycles. The van der Waals surface area contributed by atoms with Gasteiger partial charge < -0.3 is 4.90 Å². The van der Waals surface area contributed by atoms with Gasteiger partial charge in [0.25, 0.3) is 0 Å². The van der Waals surface area contributed by atoms with Crippen LogP contribution < -0.4 is 0 Å². The summed E-state index contributed by atoms with van der Waals surface area (Å²) in [5.41, 5.74) is 3.72. The summed E-state index contributed by atoms with van der Waals surface area (Å²) in [5, 5.41) is 3.22. The predicted molar refractivity (Wildman–Crippen MR) is 85.9 cm³/mol. The van der Waals surface area contributed by atoms with Crippen molar-refractivity contribution in [3.8, 4) is 0 Å². The molecule has 3 rings (SSSR count). The number of hydrogen-bond acceptors (Lipinski definition) is 3. The lowest BCUT2D eigenvalue weighted by molar-refractivity contribution is -0.131. The van der Waals surface area contributed by atoms with Crippen LogP contribution in [0.15, 0.2) is 29.1 Å². The third-order valence-corrected chi connectivity index (χ3v) is 4.93. The van der Waals surface area contributed by atoms with E-state index in [-0.39, 0.29) is 17.7 Å². The molecule has 2 aromatic rings. The molecule has 21 heavy (non-hydrogen) atoms. The first kappa shape index (κ1) is 14.8. The quantitative estimate of drug-likeness (QED) is 0.835. The second-order valence-corrected chi connectivity index (χ2v) is 6.85. The zero-order valence-electron chi connectivity index (χ0n) is 11.4. The summed E-state index contributed by atoms with van der Waals surface area (Å²) in [6.07, 6.45) is 0.849. The lowest BCUT2D eigenvalue weighted by Gasteiger charge is -2.16. The molecule has 2 atom stereocenters. The topological polar surface area (TPSA) is 33.2 Å². The van der Waals surface area contributed by atoms with E-state index in [9.17, 15) is 4.79 Å². The summed E-state index contributed by atoms with van der Waals surface area (Å²) >= 11 is 13.7. The maximum atomic E-state index is 12.4. The second-order valence-electron chi connectivity index (χ2n) is 5.29. The fourth-order valence-electron chi connectivity index (χ4n) is 2.53. The lowest BCUT2D eigenvalue weighted by Crippen LogP contribution is -2.28. The molecule has 0 radical (unpaired) electrons. The van der Waals surface area contributed by atoms with Crippen molar-refractivity contribution in [1.82, 2.24) is 9.88 Å². The number of thiazole rings is 1. The van der Waals surface area contributed by atoms with E-state index in [0.717, 1.165) is 17.7 Å². The fraction of sp³-hybridized carbons (Fsp3) is 0.333. The van der Waals surface area contributed by atoms with Crippen LogP contribution in [-0.4, -0.2) is 22.8 Å². The molecule has 0 saturated heterocycles. The van der Waals surface area contributed by atoms with E-state index in [2.05, 4.69) is 4.98 Å². The van der Waals surface area contributed by atoms with Gasteiger partial charge in [0.1, 0.15) is 0 Å². The number of rotatable bonds is 4. The molecule has 1 heterocycles. The SMILES string of the molecule is CN(Cc1cscn1)C(=O)[C@@H]1C[C@@H]1c1ccc(Cl)cc1Cl. The highest BCUT2D eigenvalue weighted by Gasteiger charge is 2.46.